The van der Waals surface area contributed by atoms with Gasteiger partial charge in [0, 0.05) is 17.7 Å². The lowest BCUT2D eigenvalue weighted by Gasteiger charge is -2.22. The highest BCUT2D eigenvalue weighted by atomic mass is 16.5. The highest BCUT2D eigenvalue weighted by molar-refractivity contribution is 5.99. The largest absolute Gasteiger partial charge is 0.460 e. The van der Waals surface area contributed by atoms with Crippen molar-refractivity contribution in [1.82, 2.24) is 15.1 Å². The molecule has 126 valence electrons. The second-order valence-corrected chi connectivity index (χ2v) is 6.89. The molecule has 2 rings (SSSR count). The van der Waals surface area contributed by atoms with E-state index in [0.29, 0.717) is 18.5 Å². The zero-order chi connectivity index (χ0) is 17.4. The van der Waals surface area contributed by atoms with Crippen molar-refractivity contribution < 1.29 is 19.1 Å². The van der Waals surface area contributed by atoms with Crippen LogP contribution in [0, 0.1) is 19.3 Å². The average Bonchev–Trinajstić information content (AvgIpc) is 2.70. The second kappa shape index (κ2) is 6.14. The summed E-state index contributed by atoms with van der Waals surface area (Å²) < 4.78 is 6.97. The zero-order valence-corrected chi connectivity index (χ0v) is 14.2. The van der Waals surface area contributed by atoms with Crippen LogP contribution < -0.4 is 5.32 Å². The molecule has 2 heterocycles. The normalized spacial score (nSPS) is 18.7. The molecular weight excluding hydrogens is 298 g/mol. The number of aryl methyl sites for hydroxylation is 1. The van der Waals surface area contributed by atoms with Crippen LogP contribution in [-0.2, 0) is 25.7 Å². The molecular formula is C16H23N3O4. The van der Waals surface area contributed by atoms with Crippen LogP contribution in [0.4, 0.5) is 0 Å². The van der Waals surface area contributed by atoms with Gasteiger partial charge in [-0.25, -0.2) is 0 Å². The number of nitrogens with one attached hydrogen (secondary N) is 1. The number of ether oxygens (including phenoxy) is 1. The first-order chi connectivity index (χ1) is 10.6. The molecule has 23 heavy (non-hydrogen) atoms. The van der Waals surface area contributed by atoms with E-state index in [0.717, 1.165) is 11.3 Å². The first-order valence-corrected chi connectivity index (χ1v) is 7.66. The van der Waals surface area contributed by atoms with Crippen LogP contribution in [0.25, 0.3) is 0 Å². The first-order valence-electron chi connectivity index (χ1n) is 7.66. The molecule has 7 nitrogen and oxygen atoms in total. The lowest BCUT2D eigenvalue weighted by Crippen LogP contribution is -2.42. The standard InChI is InChI=1S/C16H23N3O4/c1-9-11(8-23-15(22)16(3,4)5)10(2)19(18-9)12-6-7-13(20)17-14(12)21/h12H,6-8H2,1-5H3,(H,17,20,21). The molecule has 1 saturated heterocycles. The topological polar surface area (TPSA) is 90.3 Å². The van der Waals surface area contributed by atoms with Gasteiger partial charge in [-0.3, -0.25) is 24.4 Å². The van der Waals surface area contributed by atoms with Gasteiger partial charge in [0.2, 0.25) is 5.91 Å². The van der Waals surface area contributed by atoms with Gasteiger partial charge >= 0.3 is 5.97 Å². The summed E-state index contributed by atoms with van der Waals surface area (Å²) in [4.78, 5) is 35.2. The summed E-state index contributed by atoms with van der Waals surface area (Å²) >= 11 is 0. The lowest BCUT2D eigenvalue weighted by atomic mass is 9.97. The van der Waals surface area contributed by atoms with Crippen molar-refractivity contribution in [1.29, 1.82) is 0 Å². The summed E-state index contributed by atoms with van der Waals surface area (Å²) in [5.41, 5.74) is 1.72. The van der Waals surface area contributed by atoms with E-state index >= 15 is 0 Å². The minimum absolute atomic E-state index is 0.126. The van der Waals surface area contributed by atoms with Crippen LogP contribution in [0.1, 0.15) is 56.6 Å². The fraction of sp³-hybridized carbons (Fsp3) is 0.625. The summed E-state index contributed by atoms with van der Waals surface area (Å²) in [5.74, 6) is -0.887. The van der Waals surface area contributed by atoms with Gasteiger partial charge in [0.1, 0.15) is 12.6 Å². The van der Waals surface area contributed by atoms with Gasteiger partial charge in [0.15, 0.2) is 0 Å². The first kappa shape index (κ1) is 17.2. The van der Waals surface area contributed by atoms with Gasteiger partial charge in [0.25, 0.3) is 5.91 Å². The molecule has 0 aliphatic carbocycles. The minimum atomic E-state index is -0.568. The average molecular weight is 321 g/mol. The number of rotatable bonds is 3. The lowest BCUT2D eigenvalue weighted by molar-refractivity contribution is -0.154. The van der Waals surface area contributed by atoms with E-state index in [1.807, 2.05) is 13.8 Å². The van der Waals surface area contributed by atoms with E-state index < -0.39 is 11.5 Å². The Morgan fingerprint density at radius 3 is 2.57 bits per heavy atom. The van der Waals surface area contributed by atoms with Crippen molar-refractivity contribution in [3.05, 3.63) is 17.0 Å². The maximum atomic E-state index is 12.0. The van der Waals surface area contributed by atoms with E-state index in [2.05, 4.69) is 10.4 Å². The van der Waals surface area contributed by atoms with Crippen LogP contribution in [0.15, 0.2) is 0 Å². The Labute approximate surface area is 135 Å². The highest BCUT2D eigenvalue weighted by Crippen LogP contribution is 2.24. The third kappa shape index (κ3) is 3.60. The molecule has 0 aromatic carbocycles. The summed E-state index contributed by atoms with van der Waals surface area (Å²) in [6.07, 6.45) is 0.719. The second-order valence-electron chi connectivity index (χ2n) is 6.89. The summed E-state index contributed by atoms with van der Waals surface area (Å²) in [5, 5.41) is 6.73. The Balaban J connectivity index is 2.18. The molecule has 0 radical (unpaired) electrons. The number of carbonyl (C=O) groups is 3. The monoisotopic (exact) mass is 321 g/mol. The molecule has 2 amide bonds. The van der Waals surface area contributed by atoms with Crippen molar-refractivity contribution in [2.75, 3.05) is 0 Å². The summed E-state index contributed by atoms with van der Waals surface area (Å²) in [6.45, 7) is 9.16. The van der Waals surface area contributed by atoms with Gasteiger partial charge in [-0.15, -0.1) is 0 Å². The zero-order valence-electron chi connectivity index (χ0n) is 14.2. The molecule has 1 aliphatic rings. The van der Waals surface area contributed by atoms with Crippen molar-refractivity contribution in [2.45, 2.75) is 60.1 Å². The molecule has 1 fully saturated rings. The number of carbonyl (C=O) groups excluding carboxylic acids is 3. The molecule has 0 saturated carbocycles. The SMILES string of the molecule is Cc1nn(C2CCC(=O)NC2=O)c(C)c1COC(=O)C(C)(C)C. The minimum Gasteiger partial charge on any atom is -0.460 e. The molecule has 0 spiro atoms. The van der Waals surface area contributed by atoms with Crippen LogP contribution in [-0.4, -0.2) is 27.6 Å². The van der Waals surface area contributed by atoms with Crippen LogP contribution in [0.3, 0.4) is 0 Å². The van der Waals surface area contributed by atoms with E-state index in [4.69, 9.17) is 4.74 Å². The van der Waals surface area contributed by atoms with Crippen molar-refractivity contribution >= 4 is 17.8 Å². The summed E-state index contributed by atoms with van der Waals surface area (Å²) in [7, 11) is 0. The van der Waals surface area contributed by atoms with Crippen molar-refractivity contribution in [2.24, 2.45) is 5.41 Å². The fourth-order valence-electron chi connectivity index (χ4n) is 2.48. The Morgan fingerprint density at radius 1 is 1.35 bits per heavy atom. The molecule has 1 aromatic rings. The van der Waals surface area contributed by atoms with Crippen molar-refractivity contribution in [3.63, 3.8) is 0 Å². The highest BCUT2D eigenvalue weighted by Gasteiger charge is 2.31. The molecule has 0 bridgehead atoms. The quantitative estimate of drug-likeness (QED) is 0.674. The van der Waals surface area contributed by atoms with Crippen LogP contribution in [0.5, 0.6) is 0 Å². The summed E-state index contributed by atoms with van der Waals surface area (Å²) in [6, 6.07) is -0.501. The molecule has 1 aliphatic heterocycles. The third-order valence-electron chi connectivity index (χ3n) is 3.94. The number of aromatic nitrogens is 2. The molecule has 1 unspecified atom stereocenters. The molecule has 1 atom stereocenters. The molecule has 1 aromatic heterocycles. The van der Waals surface area contributed by atoms with E-state index in [1.165, 1.54) is 0 Å². The van der Waals surface area contributed by atoms with Gasteiger partial charge in [0.05, 0.1) is 11.1 Å². The van der Waals surface area contributed by atoms with E-state index in [1.54, 1.807) is 25.5 Å². The van der Waals surface area contributed by atoms with Gasteiger partial charge in [-0.2, -0.15) is 5.10 Å². The number of nitrogens with zero attached hydrogens (tertiary/aromatic N) is 2. The van der Waals surface area contributed by atoms with Gasteiger partial charge in [-0.1, -0.05) is 0 Å². The Hall–Kier alpha value is -2.18. The Bertz CT molecular complexity index is 655. The fourth-order valence-corrected chi connectivity index (χ4v) is 2.48. The van der Waals surface area contributed by atoms with E-state index in [9.17, 15) is 14.4 Å². The maximum absolute atomic E-state index is 12.0. The number of piperidine rings is 1. The third-order valence-corrected chi connectivity index (χ3v) is 3.94. The number of imide groups is 1. The number of hydrogen-bond acceptors (Lipinski definition) is 5. The number of esters is 1. The number of hydrogen-bond donors (Lipinski definition) is 1. The molecule has 1 N–H and O–H groups in total. The van der Waals surface area contributed by atoms with Gasteiger partial charge in [-0.05, 0) is 41.0 Å². The molecule has 7 heteroatoms. The van der Waals surface area contributed by atoms with Crippen molar-refractivity contribution in [3.8, 4) is 0 Å². The predicted octanol–water partition coefficient (Wildman–Crippen LogP) is 1.57. The Morgan fingerprint density at radius 2 is 2.00 bits per heavy atom. The maximum Gasteiger partial charge on any atom is 0.311 e. The van der Waals surface area contributed by atoms with Crippen LogP contribution in [0.2, 0.25) is 0 Å². The predicted molar refractivity (Wildman–Crippen MR) is 82.4 cm³/mol. The Kier molecular flexibility index (Phi) is 4.58. The smallest absolute Gasteiger partial charge is 0.311 e. The van der Waals surface area contributed by atoms with E-state index in [-0.39, 0.29) is 24.4 Å². The van der Waals surface area contributed by atoms with Gasteiger partial charge < -0.3 is 4.74 Å². The number of amides is 2. The van der Waals surface area contributed by atoms with Crippen LogP contribution >= 0.6 is 0 Å².